The Kier molecular flexibility index (Phi) is 5.99. The number of amidine groups is 1. The van der Waals surface area contributed by atoms with Gasteiger partial charge in [-0.15, -0.1) is 0 Å². The Balaban J connectivity index is 1.61. The first-order valence-electron chi connectivity index (χ1n) is 10.7. The SMILES string of the molecule is N=C(N)SCC1c2cc(-c3cccnc3F)ccc2Oc2c1cc(C1CCOCC1)nc2F. The Morgan fingerprint density at radius 2 is 1.94 bits per heavy atom. The first-order valence-corrected chi connectivity index (χ1v) is 11.7. The first-order chi connectivity index (χ1) is 16.0. The minimum atomic E-state index is -0.653. The van der Waals surface area contributed by atoms with Gasteiger partial charge in [-0.05, 0) is 48.7 Å². The molecule has 1 aromatic carbocycles. The number of benzene rings is 1. The zero-order valence-corrected chi connectivity index (χ0v) is 18.5. The lowest BCUT2D eigenvalue weighted by Crippen LogP contribution is -2.20. The highest BCUT2D eigenvalue weighted by atomic mass is 32.2. The van der Waals surface area contributed by atoms with Gasteiger partial charge in [-0.2, -0.15) is 8.78 Å². The maximum atomic E-state index is 15.2. The monoisotopic (exact) mass is 468 g/mol. The van der Waals surface area contributed by atoms with Crippen LogP contribution in [-0.2, 0) is 4.74 Å². The van der Waals surface area contributed by atoms with Crippen LogP contribution in [0.3, 0.4) is 0 Å². The second kappa shape index (κ2) is 9.07. The van der Waals surface area contributed by atoms with Gasteiger partial charge < -0.3 is 15.2 Å². The third kappa shape index (κ3) is 4.30. The van der Waals surface area contributed by atoms with Crippen LogP contribution in [0.5, 0.6) is 11.5 Å². The maximum absolute atomic E-state index is 15.2. The van der Waals surface area contributed by atoms with E-state index >= 15 is 4.39 Å². The van der Waals surface area contributed by atoms with Crippen LogP contribution < -0.4 is 10.5 Å². The molecule has 9 heteroatoms. The number of thioether (sulfide) groups is 1. The molecule has 170 valence electrons. The minimum absolute atomic E-state index is 0.0294. The van der Waals surface area contributed by atoms with Crippen molar-refractivity contribution in [1.29, 1.82) is 5.41 Å². The van der Waals surface area contributed by atoms with Crippen LogP contribution in [0.4, 0.5) is 8.78 Å². The van der Waals surface area contributed by atoms with Gasteiger partial charge in [-0.25, -0.2) is 9.97 Å². The molecule has 1 saturated heterocycles. The van der Waals surface area contributed by atoms with Crippen molar-refractivity contribution in [3.05, 3.63) is 71.3 Å². The summed E-state index contributed by atoms with van der Waals surface area (Å²) in [6.45, 7) is 1.24. The molecule has 0 amide bonds. The molecule has 2 aromatic heterocycles. The number of nitrogens with one attached hydrogen (secondary N) is 1. The van der Waals surface area contributed by atoms with Gasteiger partial charge in [0.15, 0.2) is 10.9 Å². The molecule has 3 N–H and O–H groups in total. The Morgan fingerprint density at radius 3 is 2.70 bits per heavy atom. The summed E-state index contributed by atoms with van der Waals surface area (Å²) in [6.07, 6.45) is 2.95. The van der Waals surface area contributed by atoms with Gasteiger partial charge in [-0.1, -0.05) is 17.8 Å². The molecule has 4 heterocycles. The van der Waals surface area contributed by atoms with Crippen LogP contribution >= 0.6 is 11.8 Å². The Labute approximate surface area is 194 Å². The summed E-state index contributed by atoms with van der Waals surface area (Å²) in [5.74, 6) is -0.447. The normalized spacial score (nSPS) is 17.7. The predicted molar refractivity (Wildman–Crippen MR) is 123 cm³/mol. The molecular weight excluding hydrogens is 446 g/mol. The van der Waals surface area contributed by atoms with Crippen molar-refractivity contribution >= 4 is 16.9 Å². The van der Waals surface area contributed by atoms with Crippen molar-refractivity contribution in [1.82, 2.24) is 9.97 Å². The summed E-state index contributed by atoms with van der Waals surface area (Å²) in [5.41, 5.74) is 8.75. The van der Waals surface area contributed by atoms with Crippen LogP contribution in [0.2, 0.25) is 0 Å². The number of pyridine rings is 2. The summed E-state index contributed by atoms with van der Waals surface area (Å²) in [6, 6.07) is 10.5. The average Bonchev–Trinajstić information content (AvgIpc) is 2.82. The molecule has 6 nitrogen and oxygen atoms in total. The molecule has 5 rings (SSSR count). The van der Waals surface area contributed by atoms with E-state index in [2.05, 4.69) is 9.97 Å². The molecule has 0 aliphatic carbocycles. The lowest BCUT2D eigenvalue weighted by Gasteiger charge is -2.30. The average molecular weight is 469 g/mol. The van der Waals surface area contributed by atoms with Crippen molar-refractivity contribution in [3.63, 3.8) is 0 Å². The van der Waals surface area contributed by atoms with E-state index in [1.807, 2.05) is 12.1 Å². The van der Waals surface area contributed by atoms with Crippen molar-refractivity contribution in [2.24, 2.45) is 5.73 Å². The molecule has 3 aromatic rings. The van der Waals surface area contributed by atoms with Crippen LogP contribution in [0, 0.1) is 17.3 Å². The summed E-state index contributed by atoms with van der Waals surface area (Å²) < 4.78 is 40.9. The number of nitrogens with two attached hydrogens (primary N) is 1. The standard InChI is InChI=1S/C24H22F2N4O2S/c25-22-15(2-1-7-29-22)14-3-4-20-16(10-14)18(12-33-24(27)28)17-11-19(13-5-8-31-9-6-13)30-23(26)21(17)32-20/h1-4,7,10-11,13,18H,5-6,8-9,12H2,(H3,27,28). The lowest BCUT2D eigenvalue weighted by molar-refractivity contribution is 0.0842. The molecule has 0 bridgehead atoms. The quantitative estimate of drug-likeness (QED) is 0.311. The van der Waals surface area contributed by atoms with E-state index in [0.717, 1.165) is 18.4 Å². The van der Waals surface area contributed by atoms with Gasteiger partial charge in [-0.3, -0.25) is 5.41 Å². The molecule has 2 aliphatic heterocycles. The zero-order valence-electron chi connectivity index (χ0n) is 17.7. The summed E-state index contributed by atoms with van der Waals surface area (Å²) in [7, 11) is 0. The van der Waals surface area contributed by atoms with Crippen LogP contribution in [0.1, 0.15) is 41.5 Å². The molecule has 0 saturated carbocycles. The fourth-order valence-electron chi connectivity index (χ4n) is 4.42. The van der Waals surface area contributed by atoms with Crippen molar-refractivity contribution in [2.75, 3.05) is 19.0 Å². The Hall–Kier alpha value is -3.04. The predicted octanol–water partition coefficient (Wildman–Crippen LogP) is 5.18. The first kappa shape index (κ1) is 21.8. The summed E-state index contributed by atoms with van der Waals surface area (Å²) in [5, 5.41) is 7.65. The number of hydrogen-bond acceptors (Lipinski definition) is 6. The van der Waals surface area contributed by atoms with Gasteiger partial charge in [0.2, 0.25) is 5.95 Å². The zero-order chi connectivity index (χ0) is 22.9. The molecule has 1 unspecified atom stereocenters. The van der Waals surface area contributed by atoms with E-state index in [4.69, 9.17) is 20.6 Å². The second-order valence-electron chi connectivity index (χ2n) is 8.07. The number of rotatable bonds is 4. The largest absolute Gasteiger partial charge is 0.452 e. The maximum Gasteiger partial charge on any atom is 0.256 e. The fourth-order valence-corrected chi connectivity index (χ4v) is 5.12. The molecule has 1 atom stereocenters. The highest BCUT2D eigenvalue weighted by Crippen LogP contribution is 2.48. The van der Waals surface area contributed by atoms with Gasteiger partial charge in [0.05, 0.1) is 0 Å². The van der Waals surface area contributed by atoms with E-state index in [1.165, 1.54) is 18.0 Å². The second-order valence-corrected chi connectivity index (χ2v) is 9.13. The third-order valence-electron chi connectivity index (χ3n) is 6.07. The van der Waals surface area contributed by atoms with Crippen LogP contribution in [-0.4, -0.2) is 34.1 Å². The van der Waals surface area contributed by atoms with Gasteiger partial charge >= 0.3 is 0 Å². The van der Waals surface area contributed by atoms with Crippen molar-refractivity contribution < 1.29 is 18.3 Å². The molecule has 1 fully saturated rings. The molecule has 33 heavy (non-hydrogen) atoms. The van der Waals surface area contributed by atoms with Gasteiger partial charge in [0, 0.05) is 59.4 Å². The van der Waals surface area contributed by atoms with Crippen molar-refractivity contribution in [2.45, 2.75) is 24.7 Å². The van der Waals surface area contributed by atoms with Crippen LogP contribution in [0.25, 0.3) is 11.1 Å². The number of nitrogens with zero attached hydrogens (tertiary/aromatic N) is 2. The van der Waals surface area contributed by atoms with E-state index in [0.29, 0.717) is 47.1 Å². The highest BCUT2D eigenvalue weighted by molar-refractivity contribution is 8.13. The molecular formula is C24H22F2N4O2S. The van der Waals surface area contributed by atoms with Gasteiger partial charge in [0.25, 0.3) is 5.95 Å². The third-order valence-corrected chi connectivity index (χ3v) is 6.88. The van der Waals surface area contributed by atoms with Gasteiger partial charge in [0.1, 0.15) is 5.75 Å². The van der Waals surface area contributed by atoms with E-state index in [-0.39, 0.29) is 22.8 Å². The van der Waals surface area contributed by atoms with Crippen molar-refractivity contribution in [3.8, 4) is 22.6 Å². The number of halogens is 2. The molecule has 0 radical (unpaired) electrons. The summed E-state index contributed by atoms with van der Waals surface area (Å²) >= 11 is 1.17. The Morgan fingerprint density at radius 1 is 1.12 bits per heavy atom. The number of aromatic nitrogens is 2. The number of hydrogen-bond donors (Lipinski definition) is 2. The summed E-state index contributed by atoms with van der Waals surface area (Å²) in [4.78, 5) is 7.95. The van der Waals surface area contributed by atoms with E-state index in [1.54, 1.807) is 24.3 Å². The fraction of sp³-hybridized carbons (Fsp3) is 0.292. The smallest absolute Gasteiger partial charge is 0.256 e. The van der Waals surface area contributed by atoms with E-state index in [9.17, 15) is 4.39 Å². The highest BCUT2D eigenvalue weighted by Gasteiger charge is 2.33. The number of fused-ring (bicyclic) bond motifs is 2. The minimum Gasteiger partial charge on any atom is -0.452 e. The molecule has 0 spiro atoms. The topological polar surface area (TPSA) is 94.1 Å². The lowest BCUT2D eigenvalue weighted by atomic mass is 9.86. The van der Waals surface area contributed by atoms with E-state index < -0.39 is 11.9 Å². The molecule has 2 aliphatic rings. The van der Waals surface area contributed by atoms with Crippen LogP contribution in [0.15, 0.2) is 42.6 Å². The number of ether oxygens (including phenoxy) is 2. The Bertz CT molecular complexity index is 1220.